The number of hydrogen-bond acceptors (Lipinski definition) is 5. The molecule has 26 heavy (non-hydrogen) atoms. The topological polar surface area (TPSA) is 68.3 Å². The van der Waals surface area contributed by atoms with Crippen molar-refractivity contribution in [2.75, 3.05) is 44.2 Å². The molecule has 1 fully saturated rings. The van der Waals surface area contributed by atoms with Crippen molar-refractivity contribution in [3.05, 3.63) is 54.9 Å². The summed E-state index contributed by atoms with van der Waals surface area (Å²) in [5, 5.41) is 9.04. The lowest BCUT2D eigenvalue weighted by atomic mass is 10.2. The Morgan fingerprint density at radius 2 is 1.77 bits per heavy atom. The number of aliphatic hydroxyl groups excluding tert-OH is 1. The minimum atomic E-state index is 0.223. The normalized spacial score (nSPS) is 15.3. The van der Waals surface area contributed by atoms with Crippen LogP contribution in [0.1, 0.15) is 0 Å². The summed E-state index contributed by atoms with van der Waals surface area (Å²) in [4.78, 5) is 17.1. The maximum atomic E-state index is 9.04. The van der Waals surface area contributed by atoms with Gasteiger partial charge in [-0.3, -0.25) is 4.90 Å². The molecule has 6 nitrogen and oxygen atoms in total. The fraction of sp³-hybridized carbons (Fsp3) is 0.300. The van der Waals surface area contributed by atoms with Crippen LogP contribution in [0.4, 0.5) is 5.82 Å². The summed E-state index contributed by atoms with van der Waals surface area (Å²) in [6.07, 6.45) is 3.81. The van der Waals surface area contributed by atoms with E-state index in [1.54, 1.807) is 0 Å². The monoisotopic (exact) mass is 349 g/mol. The Morgan fingerprint density at radius 1 is 0.962 bits per heavy atom. The van der Waals surface area contributed by atoms with Crippen molar-refractivity contribution < 1.29 is 5.11 Å². The van der Waals surface area contributed by atoms with E-state index in [1.165, 1.54) is 0 Å². The standard InChI is InChI=1S/C20H23N5O/c26-13-12-24-8-10-25(11-9-24)19-7-6-17(14-21-19)20-22-15-18(23-20)16-4-2-1-3-5-16/h1-7,14-15,26H,8-13H2,(H,22,23). The van der Waals surface area contributed by atoms with Crippen LogP contribution in [0.25, 0.3) is 22.6 Å². The molecular formula is C20H23N5O. The number of imidazole rings is 1. The molecule has 1 aliphatic heterocycles. The summed E-state index contributed by atoms with van der Waals surface area (Å²) in [6.45, 7) is 4.77. The number of nitrogens with one attached hydrogen (secondary N) is 1. The Kier molecular flexibility index (Phi) is 4.95. The van der Waals surface area contributed by atoms with Crippen molar-refractivity contribution in [1.82, 2.24) is 19.9 Å². The maximum absolute atomic E-state index is 9.04. The Hall–Kier alpha value is -2.70. The zero-order chi connectivity index (χ0) is 17.8. The van der Waals surface area contributed by atoms with Crippen molar-refractivity contribution in [2.45, 2.75) is 0 Å². The summed E-state index contributed by atoms with van der Waals surface area (Å²) in [7, 11) is 0. The van der Waals surface area contributed by atoms with Gasteiger partial charge < -0.3 is 15.0 Å². The SMILES string of the molecule is OCCN1CCN(c2ccc(-c3nc(-c4ccccc4)c[nH]3)cn2)CC1. The van der Waals surface area contributed by atoms with E-state index >= 15 is 0 Å². The lowest BCUT2D eigenvalue weighted by Gasteiger charge is -2.35. The van der Waals surface area contributed by atoms with Crippen molar-refractivity contribution in [3.8, 4) is 22.6 Å². The van der Waals surface area contributed by atoms with Crippen LogP contribution in [0.3, 0.4) is 0 Å². The van der Waals surface area contributed by atoms with Gasteiger partial charge in [0.15, 0.2) is 0 Å². The molecule has 0 saturated carbocycles. The number of piperazine rings is 1. The third-order valence-electron chi connectivity index (χ3n) is 4.78. The smallest absolute Gasteiger partial charge is 0.139 e. The third kappa shape index (κ3) is 3.61. The number of H-pyrrole nitrogens is 1. The molecule has 1 saturated heterocycles. The fourth-order valence-corrected chi connectivity index (χ4v) is 3.28. The highest BCUT2D eigenvalue weighted by atomic mass is 16.3. The zero-order valence-electron chi connectivity index (χ0n) is 14.7. The Labute approximate surface area is 153 Å². The van der Waals surface area contributed by atoms with Gasteiger partial charge in [0.05, 0.1) is 12.3 Å². The molecule has 3 aromatic rings. The first-order valence-electron chi connectivity index (χ1n) is 8.99. The number of pyridine rings is 1. The molecule has 3 heterocycles. The Morgan fingerprint density at radius 3 is 2.46 bits per heavy atom. The second kappa shape index (κ2) is 7.68. The molecule has 1 aromatic carbocycles. The van der Waals surface area contributed by atoms with Crippen LogP contribution >= 0.6 is 0 Å². The van der Waals surface area contributed by atoms with Gasteiger partial charge in [0.25, 0.3) is 0 Å². The highest BCUT2D eigenvalue weighted by molar-refractivity contribution is 5.64. The molecule has 134 valence electrons. The van der Waals surface area contributed by atoms with Gasteiger partial charge in [-0.15, -0.1) is 0 Å². The number of aromatic amines is 1. The second-order valence-corrected chi connectivity index (χ2v) is 6.46. The van der Waals surface area contributed by atoms with Crippen LogP contribution in [0.15, 0.2) is 54.9 Å². The summed E-state index contributed by atoms with van der Waals surface area (Å²) in [6, 6.07) is 14.3. The summed E-state index contributed by atoms with van der Waals surface area (Å²) < 4.78 is 0. The summed E-state index contributed by atoms with van der Waals surface area (Å²) in [5.74, 6) is 1.82. The average molecular weight is 349 g/mol. The number of aliphatic hydroxyl groups is 1. The average Bonchev–Trinajstić information content (AvgIpc) is 3.20. The summed E-state index contributed by atoms with van der Waals surface area (Å²) in [5.41, 5.74) is 3.01. The quantitative estimate of drug-likeness (QED) is 0.739. The van der Waals surface area contributed by atoms with Gasteiger partial charge in [-0.1, -0.05) is 30.3 Å². The molecular weight excluding hydrogens is 326 g/mol. The molecule has 0 atom stereocenters. The molecule has 0 amide bonds. The number of rotatable bonds is 5. The molecule has 6 heteroatoms. The van der Waals surface area contributed by atoms with Crippen LogP contribution in [0, 0.1) is 0 Å². The van der Waals surface area contributed by atoms with E-state index < -0.39 is 0 Å². The molecule has 2 N–H and O–H groups in total. The van der Waals surface area contributed by atoms with Crippen molar-refractivity contribution in [2.24, 2.45) is 0 Å². The lowest BCUT2D eigenvalue weighted by Crippen LogP contribution is -2.47. The lowest BCUT2D eigenvalue weighted by molar-refractivity contribution is 0.188. The number of hydrogen-bond donors (Lipinski definition) is 2. The van der Waals surface area contributed by atoms with Gasteiger partial charge in [0.1, 0.15) is 11.6 Å². The van der Waals surface area contributed by atoms with E-state index in [9.17, 15) is 0 Å². The van der Waals surface area contributed by atoms with Gasteiger partial charge in [-0.2, -0.15) is 0 Å². The molecule has 0 bridgehead atoms. The highest BCUT2D eigenvalue weighted by Gasteiger charge is 2.17. The van der Waals surface area contributed by atoms with E-state index in [2.05, 4.69) is 49.0 Å². The molecule has 0 aliphatic carbocycles. The van der Waals surface area contributed by atoms with Crippen LogP contribution in [-0.2, 0) is 0 Å². The summed E-state index contributed by atoms with van der Waals surface area (Å²) >= 11 is 0. The van der Waals surface area contributed by atoms with Gasteiger partial charge in [0.2, 0.25) is 0 Å². The molecule has 4 rings (SSSR count). The second-order valence-electron chi connectivity index (χ2n) is 6.46. The number of nitrogens with zero attached hydrogens (tertiary/aromatic N) is 4. The molecule has 1 aliphatic rings. The molecule has 0 unspecified atom stereocenters. The first kappa shape index (κ1) is 16.8. The molecule has 0 spiro atoms. The minimum absolute atomic E-state index is 0.223. The van der Waals surface area contributed by atoms with Crippen LogP contribution in [-0.4, -0.2) is 64.3 Å². The first-order chi connectivity index (χ1) is 12.8. The maximum Gasteiger partial charge on any atom is 0.139 e. The van der Waals surface area contributed by atoms with Gasteiger partial charge in [-0.25, -0.2) is 9.97 Å². The van der Waals surface area contributed by atoms with Crippen molar-refractivity contribution >= 4 is 5.82 Å². The predicted octanol–water partition coefficient (Wildman–Crippen LogP) is 2.25. The Bertz CT molecular complexity index is 823. The molecule has 2 aromatic heterocycles. The van der Waals surface area contributed by atoms with Gasteiger partial charge >= 0.3 is 0 Å². The minimum Gasteiger partial charge on any atom is -0.395 e. The van der Waals surface area contributed by atoms with Crippen molar-refractivity contribution in [1.29, 1.82) is 0 Å². The fourth-order valence-electron chi connectivity index (χ4n) is 3.28. The number of benzene rings is 1. The van der Waals surface area contributed by atoms with Crippen LogP contribution in [0.2, 0.25) is 0 Å². The predicted molar refractivity (Wildman–Crippen MR) is 103 cm³/mol. The van der Waals surface area contributed by atoms with Gasteiger partial charge in [-0.05, 0) is 12.1 Å². The highest BCUT2D eigenvalue weighted by Crippen LogP contribution is 2.23. The first-order valence-corrected chi connectivity index (χ1v) is 8.99. The number of β-amino-alcohol motifs (C(OH)–C–C–N with tert-alkyl or cyclic N) is 1. The van der Waals surface area contributed by atoms with E-state index in [1.807, 2.05) is 30.6 Å². The number of anilines is 1. The van der Waals surface area contributed by atoms with E-state index in [0.717, 1.165) is 61.2 Å². The third-order valence-corrected chi connectivity index (χ3v) is 4.78. The van der Waals surface area contributed by atoms with Gasteiger partial charge in [0, 0.05) is 56.2 Å². The van der Waals surface area contributed by atoms with Crippen LogP contribution in [0.5, 0.6) is 0 Å². The molecule has 0 radical (unpaired) electrons. The largest absolute Gasteiger partial charge is 0.395 e. The van der Waals surface area contributed by atoms with E-state index in [4.69, 9.17) is 5.11 Å². The van der Waals surface area contributed by atoms with Crippen molar-refractivity contribution in [3.63, 3.8) is 0 Å². The zero-order valence-corrected chi connectivity index (χ0v) is 14.7. The van der Waals surface area contributed by atoms with E-state index in [0.29, 0.717) is 0 Å². The number of aromatic nitrogens is 3. The van der Waals surface area contributed by atoms with Crippen LogP contribution < -0.4 is 4.90 Å². The Balaban J connectivity index is 1.45. The van der Waals surface area contributed by atoms with E-state index in [-0.39, 0.29) is 6.61 Å².